The second kappa shape index (κ2) is 13.2. The Hall–Kier alpha value is -6.64. The van der Waals surface area contributed by atoms with Crippen molar-refractivity contribution in [3.63, 3.8) is 0 Å². The number of anilines is 3. The zero-order valence-electron chi connectivity index (χ0n) is 35.8. The predicted octanol–water partition coefficient (Wildman–Crippen LogP) is 15.9. The van der Waals surface area contributed by atoms with Crippen molar-refractivity contribution >= 4 is 38.9 Å². The van der Waals surface area contributed by atoms with Gasteiger partial charge in [-0.1, -0.05) is 155 Å². The maximum absolute atomic E-state index is 2.58. The summed E-state index contributed by atoms with van der Waals surface area (Å²) in [5, 5.41) is 2.57. The summed E-state index contributed by atoms with van der Waals surface area (Å²) in [6.07, 6.45) is 5.38. The second-order valence-corrected chi connectivity index (χ2v) is 19.3. The van der Waals surface area contributed by atoms with Gasteiger partial charge in [0, 0.05) is 44.2 Å². The Morgan fingerprint density at radius 3 is 1.84 bits per heavy atom. The van der Waals surface area contributed by atoms with Crippen molar-refractivity contribution < 1.29 is 0 Å². The summed E-state index contributed by atoms with van der Waals surface area (Å²) in [5.74, 6) is 2.15. The van der Waals surface area contributed by atoms with E-state index in [2.05, 4.69) is 212 Å². The van der Waals surface area contributed by atoms with Gasteiger partial charge < -0.3 is 9.47 Å². The van der Waals surface area contributed by atoms with Gasteiger partial charge in [0.1, 0.15) is 0 Å². The molecule has 2 nitrogen and oxygen atoms in total. The molecule has 4 aliphatic carbocycles. The lowest BCUT2D eigenvalue weighted by molar-refractivity contribution is 0.162. The van der Waals surface area contributed by atoms with E-state index in [9.17, 15) is 0 Å². The third-order valence-electron chi connectivity index (χ3n) is 16.0. The van der Waals surface area contributed by atoms with Crippen LogP contribution in [-0.4, -0.2) is 4.57 Å². The molecule has 2 fully saturated rings. The molecule has 62 heavy (non-hydrogen) atoms. The Morgan fingerprint density at radius 1 is 0.500 bits per heavy atom. The number of aromatic nitrogens is 1. The molecule has 2 saturated carbocycles. The van der Waals surface area contributed by atoms with Crippen LogP contribution in [0.2, 0.25) is 0 Å². The summed E-state index contributed by atoms with van der Waals surface area (Å²) in [6.45, 7) is 7.36. The van der Waals surface area contributed by atoms with Crippen molar-refractivity contribution in [1.82, 2.24) is 4.57 Å². The molecule has 1 spiro atoms. The van der Waals surface area contributed by atoms with Crippen molar-refractivity contribution in [1.29, 1.82) is 0 Å². The minimum Gasteiger partial charge on any atom is -0.310 e. The van der Waals surface area contributed by atoms with Crippen LogP contribution in [0.4, 0.5) is 17.1 Å². The van der Waals surface area contributed by atoms with Crippen LogP contribution in [0.5, 0.6) is 0 Å². The molecular weight excluding hydrogens is 749 g/mol. The number of rotatable bonds is 5. The van der Waals surface area contributed by atoms with Crippen LogP contribution in [0.1, 0.15) is 68.7 Å². The predicted molar refractivity (Wildman–Crippen MR) is 259 cm³/mol. The summed E-state index contributed by atoms with van der Waals surface area (Å²) in [4.78, 5) is 2.58. The first-order chi connectivity index (χ1) is 30.4. The fraction of sp³-hybridized carbons (Fsp3) is 0.200. The van der Waals surface area contributed by atoms with E-state index >= 15 is 0 Å². The number of benzene rings is 8. The Balaban J connectivity index is 0.955. The summed E-state index contributed by atoms with van der Waals surface area (Å²) in [6, 6.07) is 68.9. The smallest absolute Gasteiger partial charge is 0.0543 e. The van der Waals surface area contributed by atoms with Gasteiger partial charge in [-0.15, -0.1) is 0 Å². The van der Waals surface area contributed by atoms with Crippen molar-refractivity contribution in [2.75, 3.05) is 4.90 Å². The second-order valence-electron chi connectivity index (χ2n) is 19.3. The SMILES string of the molecule is C[C@@H]1C[C@@H]2CC[C@@H](C2)C12c1ccccc1-c1c(N(c3ccc(-c4ccc(-n5c6ccccc6c6ccccc65)cc4)cc3)c3ccc4c(c3)C(C)(C)c3ccccc3-4)cccc12. The molecule has 0 aliphatic heterocycles. The Morgan fingerprint density at radius 2 is 1.10 bits per heavy atom. The molecule has 1 aromatic heterocycles. The van der Waals surface area contributed by atoms with E-state index in [1.54, 1.807) is 11.1 Å². The molecule has 2 heteroatoms. The summed E-state index contributed by atoms with van der Waals surface area (Å²) < 4.78 is 2.39. The van der Waals surface area contributed by atoms with Crippen LogP contribution >= 0.6 is 0 Å². The van der Waals surface area contributed by atoms with Gasteiger partial charge in [0.2, 0.25) is 0 Å². The van der Waals surface area contributed by atoms with E-state index in [0.717, 1.165) is 5.92 Å². The molecule has 13 rings (SSSR count). The third-order valence-corrected chi connectivity index (χ3v) is 16.0. The number of nitrogens with zero attached hydrogens (tertiary/aromatic N) is 2. The Bertz CT molecular complexity index is 3200. The van der Waals surface area contributed by atoms with Crippen molar-refractivity contribution in [3.8, 4) is 39.1 Å². The Labute approximate surface area is 365 Å². The van der Waals surface area contributed by atoms with Gasteiger partial charge >= 0.3 is 0 Å². The van der Waals surface area contributed by atoms with Gasteiger partial charge in [-0.3, -0.25) is 0 Å². The highest BCUT2D eigenvalue weighted by atomic mass is 15.1. The van der Waals surface area contributed by atoms with Gasteiger partial charge in [0.25, 0.3) is 0 Å². The van der Waals surface area contributed by atoms with Crippen LogP contribution < -0.4 is 4.90 Å². The van der Waals surface area contributed by atoms with Crippen LogP contribution in [0, 0.1) is 17.8 Å². The molecule has 0 amide bonds. The fourth-order valence-electron chi connectivity index (χ4n) is 13.4. The quantitative estimate of drug-likeness (QED) is 0.168. The van der Waals surface area contributed by atoms with Gasteiger partial charge in [-0.2, -0.15) is 0 Å². The number of para-hydroxylation sites is 2. The van der Waals surface area contributed by atoms with E-state index < -0.39 is 0 Å². The molecule has 8 aromatic carbocycles. The van der Waals surface area contributed by atoms with Gasteiger partial charge in [-0.05, 0) is 142 Å². The lowest BCUT2D eigenvalue weighted by Gasteiger charge is -2.47. The highest BCUT2D eigenvalue weighted by Crippen LogP contribution is 2.66. The Kier molecular flexibility index (Phi) is 7.67. The van der Waals surface area contributed by atoms with Crippen LogP contribution in [0.25, 0.3) is 60.9 Å². The number of hydrogen-bond acceptors (Lipinski definition) is 1. The van der Waals surface area contributed by atoms with E-state index in [1.807, 2.05) is 0 Å². The maximum Gasteiger partial charge on any atom is 0.0543 e. The first-order valence-electron chi connectivity index (χ1n) is 22.9. The molecular formula is C60H50N2. The maximum atomic E-state index is 2.58. The van der Waals surface area contributed by atoms with Crippen molar-refractivity contribution in [2.24, 2.45) is 17.8 Å². The van der Waals surface area contributed by atoms with E-state index in [4.69, 9.17) is 0 Å². The molecule has 1 unspecified atom stereocenters. The molecule has 4 atom stereocenters. The number of hydrogen-bond donors (Lipinski definition) is 0. The van der Waals surface area contributed by atoms with Gasteiger partial charge in [-0.25, -0.2) is 0 Å². The summed E-state index contributed by atoms with van der Waals surface area (Å²) in [5.41, 5.74) is 21.1. The average molecular weight is 799 g/mol. The highest BCUT2D eigenvalue weighted by Gasteiger charge is 2.57. The lowest BCUT2D eigenvalue weighted by Crippen LogP contribution is -2.43. The van der Waals surface area contributed by atoms with Crippen LogP contribution in [-0.2, 0) is 10.8 Å². The third kappa shape index (κ3) is 4.87. The normalized spacial score (nSPS) is 21.2. The zero-order chi connectivity index (χ0) is 41.3. The molecule has 4 aliphatic rings. The zero-order valence-corrected chi connectivity index (χ0v) is 35.8. The molecule has 0 saturated heterocycles. The van der Waals surface area contributed by atoms with Crippen molar-refractivity contribution in [3.05, 3.63) is 204 Å². The first-order valence-corrected chi connectivity index (χ1v) is 22.9. The molecule has 2 bridgehead atoms. The summed E-state index contributed by atoms with van der Waals surface area (Å²) in [7, 11) is 0. The monoisotopic (exact) mass is 798 g/mol. The minimum atomic E-state index is -0.102. The average Bonchev–Trinajstić information content (AvgIpc) is 4.03. The largest absolute Gasteiger partial charge is 0.310 e. The minimum absolute atomic E-state index is 0.0530. The molecule has 9 aromatic rings. The lowest BCUT2D eigenvalue weighted by atomic mass is 9.56. The molecule has 0 N–H and O–H groups in total. The first kappa shape index (κ1) is 36.1. The number of fused-ring (bicyclic) bond motifs is 14. The van der Waals surface area contributed by atoms with E-state index in [1.165, 1.54) is 115 Å². The van der Waals surface area contributed by atoms with E-state index in [-0.39, 0.29) is 10.8 Å². The van der Waals surface area contributed by atoms with Crippen LogP contribution in [0.15, 0.2) is 182 Å². The van der Waals surface area contributed by atoms with Gasteiger partial charge in [0.05, 0.1) is 16.7 Å². The van der Waals surface area contributed by atoms with E-state index in [0.29, 0.717) is 11.8 Å². The summed E-state index contributed by atoms with van der Waals surface area (Å²) >= 11 is 0. The highest BCUT2D eigenvalue weighted by molar-refractivity contribution is 6.09. The molecule has 0 radical (unpaired) electrons. The molecule has 1 heterocycles. The van der Waals surface area contributed by atoms with Gasteiger partial charge in [0.15, 0.2) is 0 Å². The standard InChI is InChI=1S/C60H50N2/c1-38-35-39-23-28-42(36-39)60(38)52-18-9-5-16-50(52)58-53(60)19-12-22-57(58)61(45-33-34-47-46-13-4-8-17-51(46)59(2,3)54(47)37-45)43-29-24-40(25-30-43)41-26-31-44(32-27-41)62-55-20-10-6-14-48(55)49-15-7-11-21-56(49)62/h4-22,24-27,29-34,37-39,42H,23,28,35-36H2,1-3H3/t38-,39+,42+,60?/m1/s1. The fourth-order valence-corrected chi connectivity index (χ4v) is 13.4. The van der Waals surface area contributed by atoms with Crippen LogP contribution in [0.3, 0.4) is 0 Å². The molecule has 300 valence electrons. The van der Waals surface area contributed by atoms with Crippen molar-refractivity contribution in [2.45, 2.75) is 57.3 Å². The topological polar surface area (TPSA) is 8.17 Å².